The lowest BCUT2D eigenvalue weighted by atomic mass is 10.3. The fourth-order valence-corrected chi connectivity index (χ4v) is 2.94. The number of anilines is 2. The van der Waals surface area contributed by atoms with Gasteiger partial charge < -0.3 is 21.1 Å². The number of nitrogens with one attached hydrogen (secondary N) is 1. The first-order valence-electron chi connectivity index (χ1n) is 6.91. The number of aliphatic hydroxyl groups excluding tert-OH is 1. The molecule has 0 bridgehead atoms. The lowest BCUT2D eigenvalue weighted by molar-refractivity contribution is -0.116. The number of rotatable bonds is 7. The summed E-state index contributed by atoms with van der Waals surface area (Å²) in [7, 11) is 0. The van der Waals surface area contributed by atoms with Crippen molar-refractivity contribution in [2.75, 3.05) is 37.3 Å². The van der Waals surface area contributed by atoms with Crippen molar-refractivity contribution in [3.05, 3.63) is 18.2 Å². The lowest BCUT2D eigenvalue weighted by Crippen LogP contribution is -2.30. The maximum Gasteiger partial charge on any atom is 0.227 e. The first kappa shape index (κ1) is 15.7. The minimum Gasteiger partial charge on any atom is -0.399 e. The average Bonchev–Trinajstić information content (AvgIpc) is 2.84. The van der Waals surface area contributed by atoms with Crippen LogP contribution in [0.1, 0.15) is 13.3 Å². The molecule has 0 aliphatic heterocycles. The van der Waals surface area contributed by atoms with Gasteiger partial charge in [0.05, 0.1) is 16.8 Å². The van der Waals surface area contributed by atoms with E-state index in [9.17, 15) is 4.79 Å². The summed E-state index contributed by atoms with van der Waals surface area (Å²) in [6.07, 6.45) is 0.381. The van der Waals surface area contributed by atoms with Crippen LogP contribution in [0.2, 0.25) is 0 Å². The Labute approximate surface area is 127 Å². The number of thiazole rings is 1. The van der Waals surface area contributed by atoms with E-state index in [1.54, 1.807) is 6.07 Å². The molecule has 1 aromatic carbocycles. The molecule has 1 heterocycles. The molecule has 0 spiro atoms. The third-order valence-corrected chi connectivity index (χ3v) is 4.11. The Bertz CT molecular complexity index is 614. The number of carbonyl (C=O) groups is 1. The van der Waals surface area contributed by atoms with Gasteiger partial charge in [-0.3, -0.25) is 4.79 Å². The maximum atomic E-state index is 11.9. The summed E-state index contributed by atoms with van der Waals surface area (Å²) in [5, 5.41) is 12.3. The number of nitrogen functional groups attached to an aromatic ring is 1. The van der Waals surface area contributed by atoms with Crippen LogP contribution in [0, 0.1) is 0 Å². The van der Waals surface area contributed by atoms with Crippen molar-refractivity contribution in [2.24, 2.45) is 0 Å². The van der Waals surface area contributed by atoms with Crippen LogP contribution in [0.25, 0.3) is 10.2 Å². The number of carbonyl (C=O) groups excluding carboxylic acids is 1. The number of benzene rings is 1. The Kier molecular flexibility index (Phi) is 5.49. The zero-order chi connectivity index (χ0) is 15.2. The number of nitrogens with two attached hydrogens (primary N) is 1. The summed E-state index contributed by atoms with van der Waals surface area (Å²) in [4.78, 5) is 18.3. The predicted octanol–water partition coefficient (Wildman–Crippen LogP) is 1.52. The second-order valence-electron chi connectivity index (χ2n) is 4.70. The van der Waals surface area contributed by atoms with E-state index in [1.807, 2.05) is 24.0 Å². The van der Waals surface area contributed by atoms with Gasteiger partial charge in [-0.25, -0.2) is 4.98 Å². The molecule has 0 atom stereocenters. The van der Waals surface area contributed by atoms with Crippen LogP contribution < -0.4 is 11.1 Å². The van der Waals surface area contributed by atoms with Crippen molar-refractivity contribution >= 4 is 38.3 Å². The van der Waals surface area contributed by atoms with E-state index in [1.165, 1.54) is 11.3 Å². The van der Waals surface area contributed by atoms with Gasteiger partial charge in [-0.15, -0.1) is 0 Å². The van der Waals surface area contributed by atoms with E-state index >= 15 is 0 Å². The van der Waals surface area contributed by atoms with E-state index in [4.69, 9.17) is 10.8 Å². The minimum atomic E-state index is -0.0709. The average molecular weight is 308 g/mol. The first-order chi connectivity index (χ1) is 10.1. The Morgan fingerprint density at radius 3 is 3.00 bits per heavy atom. The second-order valence-corrected chi connectivity index (χ2v) is 5.73. The molecule has 2 rings (SSSR count). The van der Waals surface area contributed by atoms with Crippen molar-refractivity contribution in [3.63, 3.8) is 0 Å². The molecular formula is C14H20N4O2S. The van der Waals surface area contributed by atoms with Crippen LogP contribution in [0.5, 0.6) is 0 Å². The zero-order valence-corrected chi connectivity index (χ0v) is 12.8. The van der Waals surface area contributed by atoms with E-state index in [2.05, 4.69) is 10.3 Å². The Morgan fingerprint density at radius 1 is 1.48 bits per heavy atom. The standard InChI is InChI=1S/C14H20N4O2S/c1-2-18(7-8-19)6-5-13(20)17-14-16-11-4-3-10(15)9-12(11)21-14/h3-4,9,19H,2,5-8,15H2,1H3,(H,16,17,20). The van der Waals surface area contributed by atoms with Gasteiger partial charge in [-0.1, -0.05) is 18.3 Å². The molecule has 0 fully saturated rings. The Morgan fingerprint density at radius 2 is 2.29 bits per heavy atom. The molecule has 0 radical (unpaired) electrons. The summed E-state index contributed by atoms with van der Waals surface area (Å²) in [6, 6.07) is 5.49. The lowest BCUT2D eigenvalue weighted by Gasteiger charge is -2.18. The number of likely N-dealkylation sites (N-methyl/N-ethyl adjacent to an activating group) is 1. The van der Waals surface area contributed by atoms with E-state index in [-0.39, 0.29) is 12.5 Å². The molecule has 0 saturated heterocycles. The largest absolute Gasteiger partial charge is 0.399 e. The van der Waals surface area contributed by atoms with Crippen molar-refractivity contribution in [3.8, 4) is 0 Å². The zero-order valence-electron chi connectivity index (χ0n) is 12.0. The normalized spacial score (nSPS) is 11.2. The van der Waals surface area contributed by atoms with Gasteiger partial charge >= 0.3 is 0 Å². The van der Waals surface area contributed by atoms with Gasteiger partial charge in [0.1, 0.15) is 0 Å². The number of hydrogen-bond donors (Lipinski definition) is 3. The number of hydrogen-bond acceptors (Lipinski definition) is 6. The van der Waals surface area contributed by atoms with Crippen molar-refractivity contribution < 1.29 is 9.90 Å². The van der Waals surface area contributed by atoms with Crippen LogP contribution in [-0.2, 0) is 4.79 Å². The second kappa shape index (κ2) is 7.35. The van der Waals surface area contributed by atoms with Gasteiger partial charge in [0.2, 0.25) is 5.91 Å². The molecule has 0 unspecified atom stereocenters. The SMILES string of the molecule is CCN(CCO)CCC(=O)Nc1nc2ccc(N)cc2s1. The Hall–Kier alpha value is -1.70. The molecule has 0 aliphatic rings. The van der Waals surface area contributed by atoms with E-state index in [0.29, 0.717) is 30.3 Å². The van der Waals surface area contributed by atoms with Crippen LogP contribution in [0.15, 0.2) is 18.2 Å². The van der Waals surface area contributed by atoms with Crippen molar-refractivity contribution in [1.82, 2.24) is 9.88 Å². The van der Waals surface area contributed by atoms with Gasteiger partial charge in [0.15, 0.2) is 5.13 Å². The summed E-state index contributed by atoms with van der Waals surface area (Å²) < 4.78 is 0.959. The minimum absolute atomic E-state index is 0.0709. The summed E-state index contributed by atoms with van der Waals surface area (Å²) in [5.74, 6) is -0.0709. The number of nitrogens with zero attached hydrogens (tertiary/aromatic N) is 2. The van der Waals surface area contributed by atoms with Crippen molar-refractivity contribution in [2.45, 2.75) is 13.3 Å². The van der Waals surface area contributed by atoms with Crippen LogP contribution in [-0.4, -0.2) is 47.1 Å². The highest BCUT2D eigenvalue weighted by Crippen LogP contribution is 2.27. The summed E-state index contributed by atoms with van der Waals surface area (Å²) >= 11 is 1.41. The monoisotopic (exact) mass is 308 g/mol. The number of aromatic nitrogens is 1. The number of amides is 1. The molecule has 0 saturated carbocycles. The van der Waals surface area contributed by atoms with E-state index < -0.39 is 0 Å². The predicted molar refractivity (Wildman–Crippen MR) is 86.5 cm³/mol. The first-order valence-corrected chi connectivity index (χ1v) is 7.73. The molecule has 0 aliphatic carbocycles. The topological polar surface area (TPSA) is 91.5 Å². The third-order valence-electron chi connectivity index (χ3n) is 3.18. The van der Waals surface area contributed by atoms with Gasteiger partial charge in [0, 0.05) is 25.2 Å². The highest BCUT2D eigenvalue weighted by atomic mass is 32.1. The molecule has 6 nitrogen and oxygen atoms in total. The maximum absolute atomic E-state index is 11.9. The fourth-order valence-electron chi connectivity index (χ4n) is 2.01. The molecule has 114 valence electrons. The van der Waals surface area contributed by atoms with Gasteiger partial charge in [0.25, 0.3) is 0 Å². The third kappa shape index (κ3) is 4.38. The Balaban J connectivity index is 1.92. The number of fused-ring (bicyclic) bond motifs is 1. The van der Waals surface area contributed by atoms with Gasteiger partial charge in [-0.05, 0) is 24.7 Å². The van der Waals surface area contributed by atoms with Gasteiger partial charge in [-0.2, -0.15) is 0 Å². The summed E-state index contributed by atoms with van der Waals surface area (Å²) in [6.45, 7) is 4.14. The molecule has 4 N–H and O–H groups in total. The molecular weight excluding hydrogens is 288 g/mol. The number of aliphatic hydroxyl groups is 1. The highest BCUT2D eigenvalue weighted by Gasteiger charge is 2.10. The van der Waals surface area contributed by atoms with Crippen LogP contribution in [0.3, 0.4) is 0 Å². The van der Waals surface area contributed by atoms with E-state index in [0.717, 1.165) is 16.8 Å². The molecule has 7 heteroatoms. The fraction of sp³-hybridized carbons (Fsp3) is 0.429. The summed E-state index contributed by atoms with van der Waals surface area (Å²) in [5.41, 5.74) is 7.24. The van der Waals surface area contributed by atoms with Crippen molar-refractivity contribution in [1.29, 1.82) is 0 Å². The van der Waals surface area contributed by atoms with Crippen LogP contribution in [0.4, 0.5) is 10.8 Å². The molecule has 21 heavy (non-hydrogen) atoms. The highest BCUT2D eigenvalue weighted by molar-refractivity contribution is 7.22. The molecule has 1 aromatic heterocycles. The quantitative estimate of drug-likeness (QED) is 0.675. The van der Waals surface area contributed by atoms with Crippen LogP contribution >= 0.6 is 11.3 Å². The molecule has 1 amide bonds. The smallest absolute Gasteiger partial charge is 0.227 e. The molecule has 2 aromatic rings.